The summed E-state index contributed by atoms with van der Waals surface area (Å²) >= 11 is 4.17. The molecule has 0 saturated carbocycles. The van der Waals surface area contributed by atoms with E-state index in [0.29, 0.717) is 28.2 Å². The Kier molecular flexibility index (Phi) is 6.37. The number of halogens is 3. The summed E-state index contributed by atoms with van der Waals surface area (Å²) in [5, 5.41) is 13.2. The molecule has 1 atom stereocenters. The molecule has 1 aromatic carbocycles. The lowest BCUT2D eigenvalue weighted by Crippen LogP contribution is -2.37. The molecule has 0 radical (unpaired) electrons. The first kappa shape index (κ1) is 21.7. The molecule has 0 saturated heterocycles. The molecule has 0 spiro atoms. The van der Waals surface area contributed by atoms with Crippen LogP contribution in [-0.2, 0) is 0 Å². The van der Waals surface area contributed by atoms with E-state index in [2.05, 4.69) is 33.2 Å². The summed E-state index contributed by atoms with van der Waals surface area (Å²) < 4.78 is 41.8. The van der Waals surface area contributed by atoms with Gasteiger partial charge in [-0.15, -0.1) is 12.6 Å². The maximum atomic E-state index is 13.5. The average Bonchev–Trinajstić information content (AvgIpc) is 3.02. The number of benzene rings is 1. The largest absolute Gasteiger partial charge is 0.407 e. The van der Waals surface area contributed by atoms with Gasteiger partial charge in [0.1, 0.15) is 11.7 Å². The number of alkyl halides is 3. The molecule has 30 heavy (non-hydrogen) atoms. The van der Waals surface area contributed by atoms with Crippen LogP contribution in [0.3, 0.4) is 0 Å². The SMILES string of the molecule is N=C(N)NCCCNC(c1ccc(-n2cc3cc(S)[nH]c3nc2=O)cc1)C(F)(F)F. The molecule has 12 heteroatoms. The number of hydrogen-bond donors (Lipinski definition) is 6. The zero-order valence-corrected chi connectivity index (χ0v) is 16.5. The number of rotatable bonds is 7. The van der Waals surface area contributed by atoms with E-state index in [-0.39, 0.29) is 24.6 Å². The van der Waals surface area contributed by atoms with Crippen molar-refractivity contribution in [2.45, 2.75) is 23.7 Å². The van der Waals surface area contributed by atoms with E-state index >= 15 is 0 Å². The number of hydrogen-bond acceptors (Lipinski definition) is 5. The Morgan fingerprint density at radius 2 is 2.00 bits per heavy atom. The molecule has 0 aliphatic carbocycles. The Morgan fingerprint density at radius 1 is 1.30 bits per heavy atom. The number of nitrogens with zero attached hydrogens (tertiary/aromatic N) is 2. The van der Waals surface area contributed by atoms with Gasteiger partial charge in [0.05, 0.1) is 10.7 Å². The van der Waals surface area contributed by atoms with Crippen LogP contribution >= 0.6 is 12.6 Å². The second-order valence-corrected chi connectivity index (χ2v) is 7.05. The lowest BCUT2D eigenvalue weighted by molar-refractivity contribution is -0.157. The van der Waals surface area contributed by atoms with Gasteiger partial charge in [-0.25, -0.2) is 4.79 Å². The van der Waals surface area contributed by atoms with Crippen LogP contribution in [-0.4, -0.2) is 39.8 Å². The van der Waals surface area contributed by atoms with E-state index in [9.17, 15) is 18.0 Å². The molecule has 0 fully saturated rings. The van der Waals surface area contributed by atoms with E-state index in [1.165, 1.54) is 28.8 Å². The van der Waals surface area contributed by atoms with Gasteiger partial charge in [-0.2, -0.15) is 18.2 Å². The van der Waals surface area contributed by atoms with Crippen molar-refractivity contribution in [3.8, 4) is 5.69 Å². The number of fused-ring (bicyclic) bond motifs is 1. The van der Waals surface area contributed by atoms with E-state index in [1.807, 2.05) is 0 Å². The molecule has 2 heterocycles. The molecule has 0 aliphatic heterocycles. The summed E-state index contributed by atoms with van der Waals surface area (Å²) in [7, 11) is 0. The summed E-state index contributed by atoms with van der Waals surface area (Å²) in [5.74, 6) is -0.230. The fraction of sp³-hybridized carbons (Fsp3) is 0.278. The highest BCUT2D eigenvalue weighted by Gasteiger charge is 2.40. The van der Waals surface area contributed by atoms with Crippen molar-refractivity contribution >= 4 is 29.6 Å². The lowest BCUT2D eigenvalue weighted by Gasteiger charge is -2.22. The highest BCUT2D eigenvalue weighted by Crippen LogP contribution is 2.33. The van der Waals surface area contributed by atoms with Crippen LogP contribution in [0.5, 0.6) is 0 Å². The van der Waals surface area contributed by atoms with Gasteiger partial charge in [-0.05, 0) is 36.7 Å². The predicted octanol–water partition coefficient (Wildman–Crippen LogP) is 2.07. The van der Waals surface area contributed by atoms with Gasteiger partial charge >= 0.3 is 11.9 Å². The van der Waals surface area contributed by atoms with Crippen molar-refractivity contribution < 1.29 is 13.2 Å². The van der Waals surface area contributed by atoms with Crippen molar-refractivity contribution in [3.63, 3.8) is 0 Å². The predicted molar refractivity (Wildman–Crippen MR) is 110 cm³/mol. The molecule has 160 valence electrons. The Labute approximate surface area is 174 Å². The molecule has 6 N–H and O–H groups in total. The fourth-order valence-corrected chi connectivity index (χ4v) is 3.22. The monoisotopic (exact) mass is 439 g/mol. The normalized spacial score (nSPS) is 12.8. The third-order valence-electron chi connectivity index (χ3n) is 4.34. The van der Waals surface area contributed by atoms with Crippen LogP contribution in [0.1, 0.15) is 18.0 Å². The third kappa shape index (κ3) is 5.13. The van der Waals surface area contributed by atoms with E-state index in [1.54, 1.807) is 12.3 Å². The molecular formula is C18H20F3N7OS. The van der Waals surface area contributed by atoms with Crippen LogP contribution in [0.25, 0.3) is 16.7 Å². The van der Waals surface area contributed by atoms with Gasteiger partial charge in [0.2, 0.25) is 0 Å². The quantitative estimate of drug-likeness (QED) is 0.146. The number of H-pyrrole nitrogens is 1. The summed E-state index contributed by atoms with van der Waals surface area (Å²) in [6.07, 6.45) is -2.59. The molecular weight excluding hydrogens is 419 g/mol. The first-order chi connectivity index (χ1) is 14.1. The number of nitrogens with one attached hydrogen (secondary N) is 4. The highest BCUT2D eigenvalue weighted by molar-refractivity contribution is 7.80. The Hall–Kier alpha value is -2.99. The van der Waals surface area contributed by atoms with Crippen LogP contribution in [0.4, 0.5) is 13.2 Å². The van der Waals surface area contributed by atoms with Crippen LogP contribution in [0.2, 0.25) is 0 Å². The van der Waals surface area contributed by atoms with Crippen LogP contribution in [0, 0.1) is 5.41 Å². The molecule has 0 amide bonds. The minimum Gasteiger partial charge on any atom is -0.370 e. The van der Waals surface area contributed by atoms with Crippen molar-refractivity contribution in [2.24, 2.45) is 5.73 Å². The van der Waals surface area contributed by atoms with Gasteiger partial charge in [0.25, 0.3) is 0 Å². The van der Waals surface area contributed by atoms with Gasteiger partial charge in [0, 0.05) is 18.1 Å². The molecule has 0 aliphatic rings. The second kappa shape index (κ2) is 8.79. The number of nitrogens with two attached hydrogens (primary N) is 1. The minimum absolute atomic E-state index is 0.0205. The van der Waals surface area contributed by atoms with Crippen molar-refractivity contribution in [3.05, 3.63) is 52.6 Å². The third-order valence-corrected chi connectivity index (χ3v) is 4.58. The van der Waals surface area contributed by atoms with Crippen molar-refractivity contribution in [1.29, 1.82) is 5.41 Å². The number of aromatic amines is 1. The minimum atomic E-state index is -4.50. The number of guanidine groups is 1. The smallest absolute Gasteiger partial charge is 0.370 e. The molecule has 0 bridgehead atoms. The van der Waals surface area contributed by atoms with Gasteiger partial charge in [-0.1, -0.05) is 12.1 Å². The summed E-state index contributed by atoms with van der Waals surface area (Å²) in [6, 6.07) is 5.36. The fourth-order valence-electron chi connectivity index (χ4n) is 2.97. The van der Waals surface area contributed by atoms with E-state index < -0.39 is 17.9 Å². The number of thiol groups is 1. The molecule has 3 rings (SSSR count). The van der Waals surface area contributed by atoms with Gasteiger partial charge in [0.15, 0.2) is 5.96 Å². The lowest BCUT2D eigenvalue weighted by atomic mass is 10.1. The van der Waals surface area contributed by atoms with Crippen LogP contribution < -0.4 is 22.1 Å². The Bertz CT molecular complexity index is 1090. The standard InChI is InChI=1S/C18H20F3N7OS/c19-18(20,21)14(24-6-1-7-25-16(22)23)10-2-4-12(5-3-10)28-9-11-8-13(30)26-15(11)27-17(28)29/h2-5,8-9,14,24,30H,1,6-7H2,(H4,22,23,25)(H,26,27,29). The Balaban J connectivity index is 1.79. The second-order valence-electron chi connectivity index (χ2n) is 6.57. The Morgan fingerprint density at radius 3 is 2.63 bits per heavy atom. The summed E-state index contributed by atoms with van der Waals surface area (Å²) in [6.45, 7) is 0.364. The average molecular weight is 439 g/mol. The van der Waals surface area contributed by atoms with Gasteiger partial charge in [-0.3, -0.25) is 9.98 Å². The maximum Gasteiger partial charge on any atom is 0.407 e. The molecule has 1 unspecified atom stereocenters. The number of aromatic nitrogens is 3. The van der Waals surface area contributed by atoms with Crippen molar-refractivity contribution in [2.75, 3.05) is 13.1 Å². The van der Waals surface area contributed by atoms with Crippen LogP contribution in [0.15, 0.2) is 46.3 Å². The molecule has 3 aromatic rings. The molecule has 8 nitrogen and oxygen atoms in total. The zero-order chi connectivity index (χ0) is 21.9. The van der Waals surface area contributed by atoms with Crippen molar-refractivity contribution in [1.82, 2.24) is 25.2 Å². The summed E-state index contributed by atoms with van der Waals surface area (Å²) in [5.41, 5.74) is 5.38. The maximum absolute atomic E-state index is 13.5. The van der Waals surface area contributed by atoms with Gasteiger partial charge < -0.3 is 21.4 Å². The topological polar surface area (TPSA) is 125 Å². The first-order valence-electron chi connectivity index (χ1n) is 8.95. The zero-order valence-electron chi connectivity index (χ0n) is 15.6. The van der Waals surface area contributed by atoms with E-state index in [4.69, 9.17) is 11.1 Å². The first-order valence-corrected chi connectivity index (χ1v) is 9.39. The summed E-state index contributed by atoms with van der Waals surface area (Å²) in [4.78, 5) is 19.0. The molecule has 2 aromatic heterocycles. The highest BCUT2D eigenvalue weighted by atomic mass is 32.1. The van der Waals surface area contributed by atoms with E-state index in [0.717, 1.165) is 0 Å².